The first-order valence-electron chi connectivity index (χ1n) is 5.36. The molecule has 0 aliphatic heterocycles. The Morgan fingerprint density at radius 1 is 1.47 bits per heavy atom. The van der Waals surface area contributed by atoms with E-state index in [-0.39, 0.29) is 11.8 Å². The van der Waals surface area contributed by atoms with E-state index in [1.807, 2.05) is 43.3 Å². The van der Waals surface area contributed by atoms with Crippen molar-refractivity contribution in [3.05, 3.63) is 24.3 Å². The molecule has 0 aliphatic carbocycles. The van der Waals surface area contributed by atoms with Gasteiger partial charge in [-0.3, -0.25) is 4.79 Å². The molecule has 5 heteroatoms. The Kier molecular flexibility index (Phi) is 5.63. The highest BCUT2D eigenvalue weighted by molar-refractivity contribution is 6.27. The number of ether oxygens (including phenoxy) is 1. The van der Waals surface area contributed by atoms with Gasteiger partial charge in [-0.1, -0.05) is 6.07 Å². The molecule has 0 spiro atoms. The van der Waals surface area contributed by atoms with E-state index >= 15 is 0 Å². The molecule has 94 valence electrons. The summed E-state index contributed by atoms with van der Waals surface area (Å²) in [4.78, 5) is 12.9. The SMILES string of the molecule is CN(C)c1cccc(OCCNC(=O)CCl)c1. The fourth-order valence-electron chi connectivity index (χ4n) is 1.26. The Morgan fingerprint density at radius 3 is 2.88 bits per heavy atom. The van der Waals surface area contributed by atoms with Crippen LogP contribution in [0.4, 0.5) is 5.69 Å². The van der Waals surface area contributed by atoms with E-state index in [0.29, 0.717) is 13.2 Å². The molecule has 0 saturated heterocycles. The first kappa shape index (κ1) is 13.6. The third-order valence-corrected chi connectivity index (χ3v) is 2.39. The van der Waals surface area contributed by atoms with Crippen LogP contribution < -0.4 is 15.0 Å². The predicted molar refractivity (Wildman–Crippen MR) is 70.0 cm³/mol. The van der Waals surface area contributed by atoms with E-state index in [2.05, 4.69) is 5.32 Å². The minimum Gasteiger partial charge on any atom is -0.492 e. The van der Waals surface area contributed by atoms with Crippen LogP contribution >= 0.6 is 11.6 Å². The highest BCUT2D eigenvalue weighted by Crippen LogP contribution is 2.18. The average Bonchev–Trinajstić information content (AvgIpc) is 2.34. The number of nitrogens with one attached hydrogen (secondary N) is 1. The number of amides is 1. The summed E-state index contributed by atoms with van der Waals surface area (Å²) >= 11 is 5.35. The number of carbonyl (C=O) groups is 1. The molecule has 0 aliphatic rings. The highest BCUT2D eigenvalue weighted by atomic mass is 35.5. The largest absolute Gasteiger partial charge is 0.492 e. The monoisotopic (exact) mass is 256 g/mol. The molecule has 1 amide bonds. The van der Waals surface area contributed by atoms with Crippen LogP contribution in [0.3, 0.4) is 0 Å². The minimum absolute atomic E-state index is 0.0177. The zero-order chi connectivity index (χ0) is 12.7. The maximum atomic E-state index is 10.9. The second-order valence-electron chi connectivity index (χ2n) is 3.72. The van der Waals surface area contributed by atoms with E-state index in [9.17, 15) is 4.79 Å². The van der Waals surface area contributed by atoms with Gasteiger partial charge in [-0.15, -0.1) is 11.6 Å². The van der Waals surface area contributed by atoms with Crippen LogP contribution in [0.25, 0.3) is 0 Å². The van der Waals surface area contributed by atoms with Crippen LogP contribution in [0.15, 0.2) is 24.3 Å². The van der Waals surface area contributed by atoms with Crippen molar-refractivity contribution in [2.24, 2.45) is 0 Å². The van der Waals surface area contributed by atoms with Crippen molar-refractivity contribution in [2.75, 3.05) is 38.0 Å². The Balaban J connectivity index is 2.36. The van der Waals surface area contributed by atoms with Gasteiger partial charge in [-0.2, -0.15) is 0 Å². The van der Waals surface area contributed by atoms with Gasteiger partial charge in [0.1, 0.15) is 18.2 Å². The molecule has 17 heavy (non-hydrogen) atoms. The van der Waals surface area contributed by atoms with Crippen LogP contribution in [0.2, 0.25) is 0 Å². The molecule has 1 rings (SSSR count). The van der Waals surface area contributed by atoms with Gasteiger partial charge in [0.2, 0.25) is 5.91 Å². The predicted octanol–water partition coefficient (Wildman–Crippen LogP) is 1.49. The van der Waals surface area contributed by atoms with Crippen molar-refractivity contribution >= 4 is 23.2 Å². The molecule has 0 bridgehead atoms. The third kappa shape index (κ3) is 4.95. The summed E-state index contributed by atoms with van der Waals surface area (Å²) in [6.07, 6.45) is 0. The molecule has 4 nitrogen and oxygen atoms in total. The maximum Gasteiger partial charge on any atom is 0.235 e. The van der Waals surface area contributed by atoms with Gasteiger partial charge in [0.05, 0.1) is 6.54 Å². The maximum absolute atomic E-state index is 10.9. The molecule has 0 unspecified atom stereocenters. The third-order valence-electron chi connectivity index (χ3n) is 2.15. The van der Waals surface area contributed by atoms with Crippen molar-refractivity contribution in [1.82, 2.24) is 5.32 Å². The molecule has 0 heterocycles. The zero-order valence-corrected chi connectivity index (χ0v) is 10.8. The lowest BCUT2D eigenvalue weighted by atomic mass is 10.3. The van der Waals surface area contributed by atoms with Crippen LogP contribution in [-0.4, -0.2) is 39.0 Å². The van der Waals surface area contributed by atoms with Crippen LogP contribution in [0.1, 0.15) is 0 Å². The van der Waals surface area contributed by atoms with E-state index in [1.165, 1.54) is 0 Å². The summed E-state index contributed by atoms with van der Waals surface area (Å²) in [5.41, 5.74) is 1.08. The topological polar surface area (TPSA) is 41.6 Å². The first-order valence-corrected chi connectivity index (χ1v) is 5.90. The van der Waals surface area contributed by atoms with Gasteiger partial charge in [0.25, 0.3) is 0 Å². The van der Waals surface area contributed by atoms with Gasteiger partial charge < -0.3 is 15.0 Å². The lowest BCUT2D eigenvalue weighted by molar-refractivity contribution is -0.118. The lowest BCUT2D eigenvalue weighted by Gasteiger charge is -2.14. The van der Waals surface area contributed by atoms with Gasteiger partial charge in [0, 0.05) is 25.8 Å². The molecular formula is C12H17ClN2O2. The number of nitrogens with zero attached hydrogens (tertiary/aromatic N) is 1. The Bertz CT molecular complexity index is 369. The molecule has 0 saturated carbocycles. The van der Waals surface area contributed by atoms with Crippen molar-refractivity contribution in [3.8, 4) is 5.75 Å². The highest BCUT2D eigenvalue weighted by Gasteiger charge is 1.99. The minimum atomic E-state index is -0.183. The van der Waals surface area contributed by atoms with E-state index in [0.717, 1.165) is 11.4 Å². The summed E-state index contributed by atoms with van der Waals surface area (Å²) in [5, 5.41) is 2.63. The Hall–Kier alpha value is -1.42. The number of rotatable bonds is 6. The van der Waals surface area contributed by atoms with Crippen LogP contribution in [-0.2, 0) is 4.79 Å². The smallest absolute Gasteiger partial charge is 0.235 e. The van der Waals surface area contributed by atoms with Gasteiger partial charge >= 0.3 is 0 Å². The Labute approximate surface area is 107 Å². The lowest BCUT2D eigenvalue weighted by Crippen LogP contribution is -2.28. The van der Waals surface area contributed by atoms with Gasteiger partial charge in [-0.25, -0.2) is 0 Å². The average molecular weight is 257 g/mol. The molecule has 0 radical (unpaired) electrons. The van der Waals surface area contributed by atoms with Crippen molar-refractivity contribution in [2.45, 2.75) is 0 Å². The molecule has 0 aromatic heterocycles. The number of halogens is 1. The van der Waals surface area contributed by atoms with Gasteiger partial charge in [-0.05, 0) is 12.1 Å². The van der Waals surface area contributed by atoms with Crippen LogP contribution in [0.5, 0.6) is 5.75 Å². The van der Waals surface area contributed by atoms with Crippen molar-refractivity contribution in [3.63, 3.8) is 0 Å². The van der Waals surface area contributed by atoms with E-state index in [4.69, 9.17) is 16.3 Å². The zero-order valence-electron chi connectivity index (χ0n) is 10.1. The summed E-state index contributed by atoms with van der Waals surface area (Å²) in [6, 6.07) is 7.77. The standard InChI is InChI=1S/C12H17ClN2O2/c1-15(2)10-4-3-5-11(8-10)17-7-6-14-12(16)9-13/h3-5,8H,6-7,9H2,1-2H3,(H,14,16). The van der Waals surface area contributed by atoms with E-state index < -0.39 is 0 Å². The van der Waals surface area contributed by atoms with Crippen molar-refractivity contribution < 1.29 is 9.53 Å². The second-order valence-corrected chi connectivity index (χ2v) is 3.99. The summed E-state index contributed by atoms with van der Waals surface area (Å²) in [5.74, 6) is 0.587. The fourth-order valence-corrected chi connectivity index (χ4v) is 1.35. The normalized spacial score (nSPS) is 9.82. The summed E-state index contributed by atoms with van der Waals surface area (Å²) < 4.78 is 5.51. The number of hydrogen-bond acceptors (Lipinski definition) is 3. The molecule has 0 atom stereocenters. The molecular weight excluding hydrogens is 240 g/mol. The fraction of sp³-hybridized carbons (Fsp3) is 0.417. The number of benzene rings is 1. The van der Waals surface area contributed by atoms with Crippen LogP contribution in [0, 0.1) is 0 Å². The van der Waals surface area contributed by atoms with Crippen molar-refractivity contribution in [1.29, 1.82) is 0 Å². The number of anilines is 1. The quantitative estimate of drug-likeness (QED) is 0.619. The molecule has 1 N–H and O–H groups in total. The number of hydrogen-bond donors (Lipinski definition) is 1. The molecule has 1 aromatic carbocycles. The second kappa shape index (κ2) is 7.01. The first-order chi connectivity index (χ1) is 8.13. The number of alkyl halides is 1. The molecule has 0 fully saturated rings. The van der Waals surface area contributed by atoms with E-state index in [1.54, 1.807) is 0 Å². The van der Waals surface area contributed by atoms with Gasteiger partial charge in [0.15, 0.2) is 0 Å². The molecule has 1 aromatic rings. The summed E-state index contributed by atoms with van der Waals surface area (Å²) in [7, 11) is 3.94. The summed E-state index contributed by atoms with van der Waals surface area (Å²) in [6.45, 7) is 0.886. The Morgan fingerprint density at radius 2 is 2.24 bits per heavy atom. The number of carbonyl (C=O) groups excluding carboxylic acids is 1.